The van der Waals surface area contributed by atoms with Crippen molar-refractivity contribution < 1.29 is 14.3 Å². The Morgan fingerprint density at radius 1 is 0.882 bits per heavy atom. The predicted molar refractivity (Wildman–Crippen MR) is 134 cm³/mol. The Balaban J connectivity index is 1.62. The number of fused-ring (bicyclic) bond motifs is 1. The van der Waals surface area contributed by atoms with Gasteiger partial charge in [0.15, 0.2) is 0 Å². The first-order chi connectivity index (χ1) is 16.5. The van der Waals surface area contributed by atoms with Crippen LogP contribution in [0.1, 0.15) is 15.9 Å². The van der Waals surface area contributed by atoms with Gasteiger partial charge in [-0.3, -0.25) is 4.79 Å². The van der Waals surface area contributed by atoms with Crippen molar-refractivity contribution in [2.75, 3.05) is 5.32 Å². The van der Waals surface area contributed by atoms with Gasteiger partial charge in [0.1, 0.15) is 17.4 Å². The molecule has 1 amide bonds. The lowest BCUT2D eigenvalue weighted by Gasteiger charge is -2.10. The van der Waals surface area contributed by atoms with Crippen LogP contribution in [0.3, 0.4) is 0 Å². The van der Waals surface area contributed by atoms with E-state index < -0.39 is 11.9 Å². The molecule has 0 aliphatic rings. The summed E-state index contributed by atoms with van der Waals surface area (Å²) >= 11 is 12.1. The number of nitriles is 1. The summed E-state index contributed by atoms with van der Waals surface area (Å²) in [6, 6.07) is 26.2. The van der Waals surface area contributed by atoms with Crippen molar-refractivity contribution in [3.8, 4) is 11.8 Å². The lowest BCUT2D eigenvalue weighted by atomic mass is 10.0. The van der Waals surface area contributed by atoms with Gasteiger partial charge < -0.3 is 10.1 Å². The molecule has 0 aliphatic heterocycles. The van der Waals surface area contributed by atoms with Crippen LogP contribution in [0.2, 0.25) is 10.0 Å². The number of halogens is 2. The smallest absolute Gasteiger partial charge is 0.344 e. The number of nitrogens with zero attached hydrogens (tertiary/aromatic N) is 1. The molecule has 0 radical (unpaired) electrons. The van der Waals surface area contributed by atoms with E-state index in [-0.39, 0.29) is 27.1 Å². The monoisotopic (exact) mass is 486 g/mol. The van der Waals surface area contributed by atoms with Gasteiger partial charge in [-0.05, 0) is 41.1 Å². The zero-order valence-electron chi connectivity index (χ0n) is 17.6. The Morgan fingerprint density at radius 3 is 2.41 bits per heavy atom. The van der Waals surface area contributed by atoms with Gasteiger partial charge >= 0.3 is 5.97 Å². The number of anilines is 1. The zero-order chi connectivity index (χ0) is 24.1. The Labute approximate surface area is 205 Å². The SMILES string of the molecule is N#C/C(=C\c1ccccc1OC(=O)c1cccc2ccccc12)C(=O)Nc1cccc(Cl)c1Cl. The van der Waals surface area contributed by atoms with E-state index in [2.05, 4.69) is 5.32 Å². The highest BCUT2D eigenvalue weighted by atomic mass is 35.5. The highest BCUT2D eigenvalue weighted by Crippen LogP contribution is 2.30. The molecule has 0 spiro atoms. The Bertz CT molecular complexity index is 1480. The molecule has 0 saturated heterocycles. The number of hydrogen-bond acceptors (Lipinski definition) is 4. The second kappa shape index (κ2) is 10.2. The molecule has 5 nitrogen and oxygen atoms in total. The summed E-state index contributed by atoms with van der Waals surface area (Å²) in [4.78, 5) is 25.7. The molecule has 0 bridgehead atoms. The number of rotatable bonds is 5. The molecule has 0 heterocycles. The normalized spacial score (nSPS) is 11.0. The van der Waals surface area contributed by atoms with Crippen LogP contribution in [-0.4, -0.2) is 11.9 Å². The minimum atomic E-state index is -0.679. The molecule has 0 aliphatic carbocycles. The molecule has 0 unspecified atom stereocenters. The topological polar surface area (TPSA) is 79.2 Å². The lowest BCUT2D eigenvalue weighted by Crippen LogP contribution is -2.14. The summed E-state index contributed by atoms with van der Waals surface area (Å²) in [5.74, 6) is -1.02. The van der Waals surface area contributed by atoms with Crippen molar-refractivity contribution in [2.24, 2.45) is 0 Å². The van der Waals surface area contributed by atoms with E-state index in [9.17, 15) is 14.9 Å². The summed E-state index contributed by atoms with van der Waals surface area (Å²) in [6.07, 6.45) is 1.35. The number of hydrogen-bond donors (Lipinski definition) is 1. The van der Waals surface area contributed by atoms with Gasteiger partial charge in [-0.25, -0.2) is 4.79 Å². The minimum absolute atomic E-state index is 0.166. The summed E-state index contributed by atoms with van der Waals surface area (Å²) in [7, 11) is 0. The van der Waals surface area contributed by atoms with E-state index >= 15 is 0 Å². The largest absolute Gasteiger partial charge is 0.422 e. The van der Waals surface area contributed by atoms with Gasteiger partial charge in [-0.2, -0.15) is 5.26 Å². The van der Waals surface area contributed by atoms with Crippen molar-refractivity contribution >= 4 is 57.6 Å². The molecule has 166 valence electrons. The van der Waals surface area contributed by atoms with Gasteiger partial charge in [-0.15, -0.1) is 0 Å². The van der Waals surface area contributed by atoms with Crippen LogP contribution in [-0.2, 0) is 4.79 Å². The fourth-order valence-corrected chi connectivity index (χ4v) is 3.69. The summed E-state index contributed by atoms with van der Waals surface area (Å²) in [5, 5.41) is 14.3. The molecule has 4 rings (SSSR count). The molecule has 4 aromatic carbocycles. The van der Waals surface area contributed by atoms with Gasteiger partial charge in [-0.1, -0.05) is 83.9 Å². The van der Waals surface area contributed by atoms with Crippen LogP contribution in [0.4, 0.5) is 5.69 Å². The molecular formula is C27H16Cl2N2O3. The third kappa shape index (κ3) is 4.94. The van der Waals surface area contributed by atoms with Crippen molar-refractivity contribution in [3.63, 3.8) is 0 Å². The van der Waals surface area contributed by atoms with Gasteiger partial charge in [0.2, 0.25) is 0 Å². The van der Waals surface area contributed by atoms with E-state index in [1.54, 1.807) is 54.6 Å². The third-order valence-electron chi connectivity index (χ3n) is 5.00. The Hall–Kier alpha value is -4.11. The average molecular weight is 487 g/mol. The standard InChI is InChI=1S/C27H16Cl2N2O3/c28-22-12-6-13-23(25(22)29)31-26(32)19(16-30)15-18-8-2-4-14-24(18)34-27(33)21-11-5-9-17-7-1-3-10-20(17)21/h1-15H,(H,31,32)/b19-15+. The number of carbonyl (C=O) groups excluding carboxylic acids is 2. The van der Waals surface area contributed by atoms with E-state index in [0.29, 0.717) is 11.1 Å². The van der Waals surface area contributed by atoms with Crippen molar-refractivity contribution in [2.45, 2.75) is 0 Å². The fraction of sp³-hybridized carbons (Fsp3) is 0. The summed E-state index contributed by atoms with van der Waals surface area (Å²) < 4.78 is 5.65. The third-order valence-corrected chi connectivity index (χ3v) is 5.81. The molecule has 1 N–H and O–H groups in total. The number of nitrogens with one attached hydrogen (secondary N) is 1. The highest BCUT2D eigenvalue weighted by Gasteiger charge is 2.16. The first-order valence-corrected chi connectivity index (χ1v) is 10.9. The first-order valence-electron chi connectivity index (χ1n) is 10.1. The van der Waals surface area contributed by atoms with Crippen LogP contribution in [0, 0.1) is 11.3 Å². The second-order valence-electron chi connectivity index (χ2n) is 7.18. The van der Waals surface area contributed by atoms with E-state index in [1.165, 1.54) is 6.08 Å². The number of benzene rings is 4. The molecule has 4 aromatic rings. The first kappa shape index (κ1) is 23.1. The van der Waals surface area contributed by atoms with Crippen molar-refractivity contribution in [1.82, 2.24) is 0 Å². The van der Waals surface area contributed by atoms with E-state index in [1.807, 2.05) is 36.4 Å². The molecule has 34 heavy (non-hydrogen) atoms. The van der Waals surface area contributed by atoms with Crippen LogP contribution in [0.25, 0.3) is 16.8 Å². The number of amides is 1. The number of esters is 1. The summed E-state index contributed by atoms with van der Waals surface area (Å²) in [5.41, 5.74) is 0.867. The highest BCUT2D eigenvalue weighted by molar-refractivity contribution is 6.44. The maximum Gasteiger partial charge on any atom is 0.344 e. The van der Waals surface area contributed by atoms with E-state index in [0.717, 1.165) is 10.8 Å². The number of ether oxygens (including phenoxy) is 1. The van der Waals surface area contributed by atoms with E-state index in [4.69, 9.17) is 27.9 Å². The van der Waals surface area contributed by atoms with Gasteiger partial charge in [0.05, 0.1) is 21.3 Å². The molecular weight excluding hydrogens is 471 g/mol. The fourth-order valence-electron chi connectivity index (χ4n) is 3.35. The maximum atomic E-state index is 13.0. The Morgan fingerprint density at radius 2 is 1.59 bits per heavy atom. The summed E-state index contributed by atoms with van der Waals surface area (Å²) in [6.45, 7) is 0. The van der Waals surface area contributed by atoms with Gasteiger partial charge in [0.25, 0.3) is 5.91 Å². The Kier molecular flexibility index (Phi) is 6.93. The molecule has 0 saturated carbocycles. The lowest BCUT2D eigenvalue weighted by molar-refractivity contribution is -0.112. The number of carbonyl (C=O) groups is 2. The van der Waals surface area contributed by atoms with Crippen LogP contribution < -0.4 is 10.1 Å². The average Bonchev–Trinajstić information content (AvgIpc) is 2.85. The number of para-hydroxylation sites is 1. The maximum absolute atomic E-state index is 13.0. The zero-order valence-corrected chi connectivity index (χ0v) is 19.1. The predicted octanol–water partition coefficient (Wildman–Crippen LogP) is 6.91. The van der Waals surface area contributed by atoms with Crippen molar-refractivity contribution in [1.29, 1.82) is 5.26 Å². The molecule has 7 heteroatoms. The molecule has 0 atom stereocenters. The molecule has 0 fully saturated rings. The van der Waals surface area contributed by atoms with Gasteiger partial charge in [0, 0.05) is 5.56 Å². The van der Waals surface area contributed by atoms with Crippen LogP contribution in [0.5, 0.6) is 5.75 Å². The quantitative estimate of drug-likeness (QED) is 0.144. The van der Waals surface area contributed by atoms with Crippen molar-refractivity contribution in [3.05, 3.63) is 112 Å². The molecule has 0 aromatic heterocycles. The van der Waals surface area contributed by atoms with Crippen LogP contribution >= 0.6 is 23.2 Å². The minimum Gasteiger partial charge on any atom is -0.422 e. The van der Waals surface area contributed by atoms with Crippen LogP contribution in [0.15, 0.2) is 90.5 Å². The second-order valence-corrected chi connectivity index (χ2v) is 7.96.